The average Bonchev–Trinajstić information content (AvgIpc) is 2.46. The Bertz CT molecular complexity index is 524. The summed E-state index contributed by atoms with van der Waals surface area (Å²) in [4.78, 5) is 10.8. The van der Waals surface area contributed by atoms with Crippen LogP contribution in [0.3, 0.4) is 0 Å². The summed E-state index contributed by atoms with van der Waals surface area (Å²) in [5.41, 5.74) is 5.89. The lowest BCUT2D eigenvalue weighted by Crippen LogP contribution is -2.23. The summed E-state index contributed by atoms with van der Waals surface area (Å²) in [6, 6.07) is 8.35. The van der Waals surface area contributed by atoms with Crippen LogP contribution >= 0.6 is 0 Å². The third-order valence-corrected chi connectivity index (χ3v) is 3.04. The van der Waals surface area contributed by atoms with Crippen LogP contribution in [0.4, 0.5) is 11.5 Å². The van der Waals surface area contributed by atoms with Crippen molar-refractivity contribution in [1.82, 2.24) is 9.97 Å². The predicted octanol–water partition coefficient (Wildman–Crippen LogP) is 2.10. The van der Waals surface area contributed by atoms with Crippen LogP contribution in [0, 0.1) is 6.92 Å². The van der Waals surface area contributed by atoms with Crippen LogP contribution in [0.2, 0.25) is 0 Å². The topological polar surface area (TPSA) is 67.1 Å². The molecule has 0 amide bonds. The molecule has 19 heavy (non-hydrogen) atoms. The van der Waals surface area contributed by atoms with E-state index in [1.165, 1.54) is 11.3 Å². The summed E-state index contributed by atoms with van der Waals surface area (Å²) in [6.07, 6.45) is 3.39. The Morgan fingerprint density at radius 3 is 2.58 bits per heavy atom. The van der Waals surface area contributed by atoms with Gasteiger partial charge in [-0.05, 0) is 25.5 Å². The molecule has 0 fully saturated rings. The van der Waals surface area contributed by atoms with Crippen molar-refractivity contribution in [2.45, 2.75) is 20.4 Å². The Morgan fingerprint density at radius 1 is 1.21 bits per heavy atom. The summed E-state index contributed by atoms with van der Waals surface area (Å²) >= 11 is 0. The lowest BCUT2D eigenvalue weighted by Gasteiger charge is -2.24. The van der Waals surface area contributed by atoms with Gasteiger partial charge in [-0.1, -0.05) is 18.2 Å². The number of anilines is 2. The molecule has 0 spiro atoms. The van der Waals surface area contributed by atoms with E-state index >= 15 is 0 Å². The third-order valence-electron chi connectivity index (χ3n) is 3.04. The van der Waals surface area contributed by atoms with Gasteiger partial charge in [0.15, 0.2) is 5.82 Å². The molecule has 5 nitrogen and oxygen atoms in total. The van der Waals surface area contributed by atoms with Gasteiger partial charge >= 0.3 is 0 Å². The van der Waals surface area contributed by atoms with Gasteiger partial charge in [0, 0.05) is 12.2 Å². The van der Waals surface area contributed by atoms with Crippen molar-refractivity contribution in [1.29, 1.82) is 0 Å². The molecular weight excluding hydrogens is 238 g/mol. The molecule has 3 N–H and O–H groups in total. The van der Waals surface area contributed by atoms with E-state index in [0.717, 1.165) is 18.8 Å². The van der Waals surface area contributed by atoms with Crippen molar-refractivity contribution >= 4 is 11.5 Å². The number of aromatic nitrogens is 2. The highest BCUT2D eigenvalue weighted by molar-refractivity contribution is 5.53. The monoisotopic (exact) mass is 257 g/mol. The van der Waals surface area contributed by atoms with Crippen molar-refractivity contribution < 1.29 is 0 Å². The first-order chi connectivity index (χ1) is 9.24. The molecule has 1 aromatic carbocycles. The van der Waals surface area contributed by atoms with Gasteiger partial charge in [-0.15, -0.1) is 0 Å². The number of nitrogens with zero attached hydrogens (tertiary/aromatic N) is 3. The van der Waals surface area contributed by atoms with Gasteiger partial charge in [0.05, 0.1) is 24.6 Å². The summed E-state index contributed by atoms with van der Waals surface area (Å²) < 4.78 is 0. The van der Waals surface area contributed by atoms with Crippen LogP contribution in [0.1, 0.15) is 18.2 Å². The molecule has 0 aliphatic carbocycles. The molecule has 0 aliphatic rings. The molecule has 0 unspecified atom stereocenters. The number of rotatable bonds is 5. The number of para-hydroxylation sites is 1. The minimum absolute atomic E-state index is 0.572. The Kier molecular flexibility index (Phi) is 4.30. The molecule has 5 heteroatoms. The number of hydrazine groups is 1. The largest absolute Gasteiger partial charge is 0.366 e. The predicted molar refractivity (Wildman–Crippen MR) is 77.7 cm³/mol. The number of nitrogen functional groups attached to an aromatic ring is 1. The lowest BCUT2D eigenvalue weighted by molar-refractivity contribution is 0.800. The summed E-state index contributed by atoms with van der Waals surface area (Å²) in [7, 11) is 0. The third kappa shape index (κ3) is 3.20. The van der Waals surface area contributed by atoms with Crippen molar-refractivity contribution in [3.8, 4) is 0 Å². The summed E-state index contributed by atoms with van der Waals surface area (Å²) in [5, 5.41) is 0. The molecule has 1 heterocycles. The number of hydrogen-bond acceptors (Lipinski definition) is 5. The number of benzene rings is 1. The molecule has 0 radical (unpaired) electrons. The molecule has 2 rings (SSSR count). The van der Waals surface area contributed by atoms with E-state index in [4.69, 9.17) is 5.84 Å². The van der Waals surface area contributed by atoms with Crippen LogP contribution in [0.25, 0.3) is 0 Å². The Hall–Kier alpha value is -2.14. The van der Waals surface area contributed by atoms with E-state index in [-0.39, 0.29) is 0 Å². The maximum absolute atomic E-state index is 5.28. The van der Waals surface area contributed by atoms with Crippen LogP contribution in [0.15, 0.2) is 36.7 Å². The molecule has 0 saturated carbocycles. The minimum atomic E-state index is 0.572. The second-order valence-corrected chi connectivity index (χ2v) is 4.34. The van der Waals surface area contributed by atoms with Gasteiger partial charge in [0.2, 0.25) is 0 Å². The average molecular weight is 257 g/mol. The van der Waals surface area contributed by atoms with Crippen molar-refractivity contribution in [2.75, 3.05) is 16.9 Å². The maximum Gasteiger partial charge on any atom is 0.158 e. The molecule has 0 saturated heterocycles. The molecule has 100 valence electrons. The van der Waals surface area contributed by atoms with Gasteiger partial charge in [0.25, 0.3) is 0 Å². The van der Waals surface area contributed by atoms with E-state index in [1.807, 2.05) is 6.07 Å². The van der Waals surface area contributed by atoms with Gasteiger partial charge in [-0.3, -0.25) is 4.98 Å². The van der Waals surface area contributed by atoms with E-state index in [1.54, 1.807) is 12.4 Å². The number of nitrogens with two attached hydrogens (primary N) is 1. The Balaban J connectivity index is 2.17. The van der Waals surface area contributed by atoms with Crippen LogP contribution < -0.4 is 16.2 Å². The molecule has 1 aromatic heterocycles. The Labute approximate surface area is 113 Å². The molecule has 0 atom stereocenters. The highest BCUT2D eigenvalue weighted by atomic mass is 15.3. The Morgan fingerprint density at radius 2 is 2.00 bits per heavy atom. The zero-order chi connectivity index (χ0) is 13.7. The van der Waals surface area contributed by atoms with Crippen molar-refractivity contribution in [3.63, 3.8) is 0 Å². The molecular formula is C14H19N5. The first-order valence-electron chi connectivity index (χ1n) is 6.32. The highest BCUT2D eigenvalue weighted by Crippen LogP contribution is 2.20. The quantitative estimate of drug-likeness (QED) is 0.634. The first-order valence-corrected chi connectivity index (χ1v) is 6.32. The van der Waals surface area contributed by atoms with Crippen LogP contribution in [-0.2, 0) is 6.54 Å². The number of aryl methyl sites for hydroxylation is 1. The zero-order valence-electron chi connectivity index (χ0n) is 11.3. The van der Waals surface area contributed by atoms with Gasteiger partial charge in [0.1, 0.15) is 0 Å². The number of hydrogen-bond donors (Lipinski definition) is 2. The van der Waals surface area contributed by atoms with E-state index in [2.05, 4.69) is 52.3 Å². The van der Waals surface area contributed by atoms with E-state index < -0.39 is 0 Å². The highest BCUT2D eigenvalue weighted by Gasteiger charge is 2.08. The standard InChI is InChI=1S/C14H19N5/c1-3-19(13-7-5-4-6-11(13)2)10-12-8-17-14(18-15)9-16-12/h4-9H,3,10,15H2,1-2H3,(H,17,18). The minimum Gasteiger partial charge on any atom is -0.366 e. The maximum atomic E-state index is 5.28. The fraction of sp³-hybridized carbons (Fsp3) is 0.286. The second-order valence-electron chi connectivity index (χ2n) is 4.34. The fourth-order valence-electron chi connectivity index (χ4n) is 1.99. The van der Waals surface area contributed by atoms with Gasteiger partial charge in [-0.2, -0.15) is 0 Å². The second kappa shape index (κ2) is 6.15. The van der Waals surface area contributed by atoms with E-state index in [0.29, 0.717) is 5.82 Å². The SMILES string of the molecule is CCN(Cc1cnc(NN)cn1)c1ccccc1C. The summed E-state index contributed by atoms with van der Waals surface area (Å²) in [5.74, 6) is 5.85. The van der Waals surface area contributed by atoms with Crippen LogP contribution in [-0.4, -0.2) is 16.5 Å². The zero-order valence-corrected chi connectivity index (χ0v) is 11.3. The normalized spacial score (nSPS) is 10.3. The van der Waals surface area contributed by atoms with Crippen molar-refractivity contribution in [3.05, 3.63) is 47.9 Å². The number of nitrogens with one attached hydrogen (secondary N) is 1. The molecule has 0 bridgehead atoms. The smallest absolute Gasteiger partial charge is 0.158 e. The molecule has 2 aromatic rings. The fourth-order valence-corrected chi connectivity index (χ4v) is 1.99. The first kappa shape index (κ1) is 13.3. The lowest BCUT2D eigenvalue weighted by atomic mass is 10.2. The van der Waals surface area contributed by atoms with Gasteiger partial charge in [-0.25, -0.2) is 10.8 Å². The summed E-state index contributed by atoms with van der Waals surface area (Å²) in [6.45, 7) is 5.91. The van der Waals surface area contributed by atoms with Crippen LogP contribution in [0.5, 0.6) is 0 Å². The molecule has 0 aliphatic heterocycles. The van der Waals surface area contributed by atoms with Crippen molar-refractivity contribution in [2.24, 2.45) is 5.84 Å². The van der Waals surface area contributed by atoms with Gasteiger partial charge < -0.3 is 10.3 Å². The van der Waals surface area contributed by atoms with E-state index in [9.17, 15) is 0 Å².